The van der Waals surface area contributed by atoms with Crippen LogP contribution in [-0.4, -0.2) is 12.1 Å². The van der Waals surface area contributed by atoms with E-state index < -0.39 is 0 Å². The summed E-state index contributed by atoms with van der Waals surface area (Å²) in [4.78, 5) is 4.02. The Labute approximate surface area is 60.5 Å². The van der Waals surface area contributed by atoms with Gasteiger partial charge in [0.15, 0.2) is 0 Å². The van der Waals surface area contributed by atoms with E-state index in [2.05, 4.69) is 4.98 Å². The molecule has 0 aliphatic heterocycles. The topological polar surface area (TPSA) is 30.0 Å². The summed E-state index contributed by atoms with van der Waals surface area (Å²) in [5.41, 5.74) is 2.68. The second-order valence-electron chi connectivity index (χ2n) is 2.29. The Hall–Kier alpha value is -0.985. The number of aromatic nitrogens is 1. The summed E-state index contributed by atoms with van der Waals surface area (Å²) in [6, 6.07) is 1.83. The predicted octanol–water partition coefficient (Wildman–Crippen LogP) is 0.373. The van der Waals surface area contributed by atoms with Gasteiger partial charge in [0.05, 0.1) is 0 Å². The molecule has 0 aliphatic rings. The van der Waals surface area contributed by atoms with Gasteiger partial charge in [-0.15, -0.1) is 0 Å². The number of hydrogen-bond donors (Lipinski definition) is 0. The predicted molar refractivity (Wildman–Crippen MR) is 39.8 cm³/mol. The van der Waals surface area contributed by atoms with Crippen LogP contribution in [0.2, 0.25) is 0 Å². The van der Waals surface area contributed by atoms with E-state index in [0.717, 1.165) is 18.4 Å². The SMILES string of the molecule is Cc1cc(B=O)cnc1C. The molecule has 0 aliphatic carbocycles. The van der Waals surface area contributed by atoms with Gasteiger partial charge in [-0.3, -0.25) is 0 Å². The molecule has 0 unspecified atom stereocenters. The first-order valence-corrected chi connectivity index (χ1v) is 3.12. The average molecular weight is 133 g/mol. The molecule has 0 saturated carbocycles. The fourth-order valence-corrected chi connectivity index (χ4v) is 0.729. The molecule has 3 heteroatoms. The molecule has 1 rings (SSSR count). The van der Waals surface area contributed by atoms with Crippen LogP contribution in [0.5, 0.6) is 0 Å². The van der Waals surface area contributed by atoms with Gasteiger partial charge in [0.1, 0.15) is 0 Å². The molecular formula is C7H8BNO. The van der Waals surface area contributed by atoms with Crippen molar-refractivity contribution < 1.29 is 4.70 Å². The van der Waals surface area contributed by atoms with Crippen molar-refractivity contribution >= 4 is 12.6 Å². The third-order valence-electron chi connectivity index (χ3n) is 1.50. The molecule has 1 aromatic rings. The van der Waals surface area contributed by atoms with Crippen LogP contribution in [0, 0.1) is 13.8 Å². The van der Waals surface area contributed by atoms with Crippen LogP contribution in [0.25, 0.3) is 0 Å². The van der Waals surface area contributed by atoms with Gasteiger partial charge in [0.2, 0.25) is 0 Å². The van der Waals surface area contributed by atoms with Crippen LogP contribution in [0.3, 0.4) is 0 Å². The monoisotopic (exact) mass is 133 g/mol. The van der Waals surface area contributed by atoms with E-state index in [9.17, 15) is 4.70 Å². The summed E-state index contributed by atoms with van der Waals surface area (Å²) < 4.78 is 10.2. The Balaban J connectivity index is 3.16. The molecular weight excluding hydrogens is 125 g/mol. The third-order valence-corrected chi connectivity index (χ3v) is 1.50. The van der Waals surface area contributed by atoms with Crippen molar-refractivity contribution in [2.45, 2.75) is 13.8 Å². The fraction of sp³-hybridized carbons (Fsp3) is 0.286. The van der Waals surface area contributed by atoms with Gasteiger partial charge in [-0.25, -0.2) is 0 Å². The molecule has 2 nitrogen and oxygen atoms in total. The zero-order valence-corrected chi connectivity index (χ0v) is 6.09. The Morgan fingerprint density at radius 1 is 1.50 bits per heavy atom. The van der Waals surface area contributed by atoms with Gasteiger partial charge in [-0.1, -0.05) is 0 Å². The van der Waals surface area contributed by atoms with Gasteiger partial charge < -0.3 is 0 Å². The summed E-state index contributed by atoms with van der Waals surface area (Å²) >= 11 is 0. The Morgan fingerprint density at radius 3 is 2.70 bits per heavy atom. The minimum atomic E-state index is 0.642. The number of aryl methyl sites for hydroxylation is 2. The molecule has 0 radical (unpaired) electrons. The summed E-state index contributed by atoms with van der Waals surface area (Å²) in [6.45, 7) is 3.86. The summed E-state index contributed by atoms with van der Waals surface area (Å²) in [6.07, 6.45) is 1.58. The van der Waals surface area contributed by atoms with Crippen molar-refractivity contribution in [3.8, 4) is 0 Å². The molecule has 50 valence electrons. The van der Waals surface area contributed by atoms with Crippen LogP contribution in [0.4, 0.5) is 0 Å². The van der Waals surface area contributed by atoms with Crippen LogP contribution in [0.1, 0.15) is 11.3 Å². The van der Waals surface area contributed by atoms with Crippen molar-refractivity contribution in [2.24, 2.45) is 0 Å². The molecule has 0 spiro atoms. The van der Waals surface area contributed by atoms with Crippen LogP contribution < -0.4 is 5.46 Å². The molecule has 1 aromatic heterocycles. The van der Waals surface area contributed by atoms with Crippen LogP contribution >= 0.6 is 0 Å². The van der Waals surface area contributed by atoms with Crippen LogP contribution in [-0.2, 0) is 4.70 Å². The van der Waals surface area contributed by atoms with Crippen molar-refractivity contribution in [3.63, 3.8) is 0 Å². The molecule has 1 heterocycles. The first-order chi connectivity index (χ1) is 4.74. The van der Waals surface area contributed by atoms with Gasteiger partial charge in [-0.2, -0.15) is 0 Å². The van der Waals surface area contributed by atoms with Crippen molar-refractivity contribution in [1.82, 2.24) is 4.98 Å². The van der Waals surface area contributed by atoms with Crippen LogP contribution in [0.15, 0.2) is 12.3 Å². The Kier molecular flexibility index (Phi) is 1.95. The first-order valence-electron chi connectivity index (χ1n) is 3.12. The first kappa shape index (κ1) is 7.13. The van der Waals surface area contributed by atoms with Crippen molar-refractivity contribution in [2.75, 3.05) is 0 Å². The van der Waals surface area contributed by atoms with E-state index in [4.69, 9.17) is 0 Å². The van der Waals surface area contributed by atoms with Crippen molar-refractivity contribution in [1.29, 1.82) is 0 Å². The average Bonchev–Trinajstić information content (AvgIpc) is 1.95. The Bertz CT molecular complexity index is 260. The van der Waals surface area contributed by atoms with E-state index in [1.165, 1.54) is 0 Å². The minimum absolute atomic E-state index is 0.642. The zero-order chi connectivity index (χ0) is 7.56. The number of hydrogen-bond acceptors (Lipinski definition) is 2. The van der Waals surface area contributed by atoms with E-state index in [1.54, 1.807) is 6.20 Å². The number of pyridine rings is 1. The zero-order valence-electron chi connectivity index (χ0n) is 6.09. The second-order valence-corrected chi connectivity index (χ2v) is 2.29. The Morgan fingerprint density at radius 2 is 2.20 bits per heavy atom. The number of nitrogens with zero attached hydrogens (tertiary/aromatic N) is 1. The second kappa shape index (κ2) is 2.73. The maximum atomic E-state index is 10.2. The molecule has 0 atom stereocenters. The van der Waals surface area contributed by atoms with Gasteiger partial charge >= 0.3 is 59.7 Å². The van der Waals surface area contributed by atoms with Gasteiger partial charge in [0, 0.05) is 0 Å². The van der Waals surface area contributed by atoms with Gasteiger partial charge in [0.25, 0.3) is 0 Å². The summed E-state index contributed by atoms with van der Waals surface area (Å²) in [5.74, 6) is 0. The summed E-state index contributed by atoms with van der Waals surface area (Å²) in [7, 11) is 0.805. The quantitative estimate of drug-likeness (QED) is 0.518. The van der Waals surface area contributed by atoms with E-state index >= 15 is 0 Å². The number of rotatable bonds is 1. The molecule has 0 aromatic carbocycles. The molecule has 0 saturated heterocycles. The third kappa shape index (κ3) is 1.29. The van der Waals surface area contributed by atoms with E-state index in [1.807, 2.05) is 19.9 Å². The standard InChI is InChI=1S/C7H8BNO/c1-5-3-7(8-10)4-9-6(5)2/h3-4H,1-2H3. The van der Waals surface area contributed by atoms with E-state index in [0.29, 0.717) is 5.46 Å². The van der Waals surface area contributed by atoms with E-state index in [-0.39, 0.29) is 0 Å². The normalized spacial score (nSPS) is 9.00. The molecule has 0 amide bonds. The molecule has 0 bridgehead atoms. The van der Waals surface area contributed by atoms with Crippen molar-refractivity contribution in [3.05, 3.63) is 23.5 Å². The molecule has 0 fully saturated rings. The molecule has 10 heavy (non-hydrogen) atoms. The fourth-order valence-electron chi connectivity index (χ4n) is 0.729. The van der Waals surface area contributed by atoms with Gasteiger partial charge in [-0.05, 0) is 0 Å². The summed E-state index contributed by atoms with van der Waals surface area (Å²) in [5, 5.41) is 0. The molecule has 0 N–H and O–H groups in total. The maximum absolute atomic E-state index is 10.2.